The minimum Gasteiger partial charge on any atom is -0.480 e. The van der Waals surface area contributed by atoms with Gasteiger partial charge < -0.3 is 10.0 Å². The van der Waals surface area contributed by atoms with E-state index in [0.29, 0.717) is 12.1 Å². The van der Waals surface area contributed by atoms with Gasteiger partial charge in [0.05, 0.1) is 0 Å². The minimum absolute atomic E-state index is 0.208. The van der Waals surface area contributed by atoms with Crippen LogP contribution in [0.25, 0.3) is 0 Å². The van der Waals surface area contributed by atoms with Crippen LogP contribution in [0.2, 0.25) is 0 Å². The lowest BCUT2D eigenvalue weighted by molar-refractivity contribution is -0.137. The van der Waals surface area contributed by atoms with Crippen molar-refractivity contribution in [2.24, 2.45) is 0 Å². The van der Waals surface area contributed by atoms with Crippen molar-refractivity contribution < 1.29 is 19.1 Å². The van der Waals surface area contributed by atoms with Crippen LogP contribution in [0, 0.1) is 5.82 Å². The number of carboxylic acid groups (broad SMARTS) is 1. The van der Waals surface area contributed by atoms with Crippen LogP contribution in [0.1, 0.15) is 28.8 Å². The molecule has 1 aliphatic heterocycles. The quantitative estimate of drug-likeness (QED) is 0.861. The summed E-state index contributed by atoms with van der Waals surface area (Å²) in [5.74, 6) is -1.69. The number of hydrogen-bond donors (Lipinski definition) is 1. The van der Waals surface area contributed by atoms with Gasteiger partial charge >= 0.3 is 5.97 Å². The van der Waals surface area contributed by atoms with Crippen LogP contribution in [0.5, 0.6) is 0 Å². The molecule has 94 valence electrons. The van der Waals surface area contributed by atoms with Crippen LogP contribution < -0.4 is 0 Å². The second-order valence-electron chi connectivity index (χ2n) is 5.03. The van der Waals surface area contributed by atoms with Crippen LogP contribution in [0.3, 0.4) is 0 Å². The number of carbonyl (C=O) groups excluding carboxylic acids is 1. The number of rotatable bonds is 2. The maximum absolute atomic E-state index is 13.3. The molecule has 1 aromatic rings. The van der Waals surface area contributed by atoms with Gasteiger partial charge in [-0.2, -0.15) is 0 Å². The molecule has 0 bridgehead atoms. The summed E-state index contributed by atoms with van der Waals surface area (Å²) < 4.78 is 13.3. The molecule has 1 spiro atoms. The molecule has 4 nitrogen and oxygen atoms in total. The first-order valence-electron chi connectivity index (χ1n) is 5.83. The molecule has 5 heteroatoms. The highest BCUT2D eigenvalue weighted by Crippen LogP contribution is 2.52. The van der Waals surface area contributed by atoms with Gasteiger partial charge in [0, 0.05) is 17.5 Å². The van der Waals surface area contributed by atoms with E-state index < -0.39 is 5.97 Å². The van der Waals surface area contributed by atoms with Gasteiger partial charge in [-0.15, -0.1) is 0 Å². The number of carbonyl (C=O) groups is 2. The van der Waals surface area contributed by atoms with Gasteiger partial charge in [-0.3, -0.25) is 9.59 Å². The van der Waals surface area contributed by atoms with Crippen LogP contribution in [-0.4, -0.2) is 35.0 Å². The number of nitrogens with zero attached hydrogens (tertiary/aromatic N) is 1. The molecule has 0 aromatic heterocycles. The first-order valence-corrected chi connectivity index (χ1v) is 5.83. The number of amides is 1. The molecule has 0 radical (unpaired) electrons. The van der Waals surface area contributed by atoms with E-state index in [-0.39, 0.29) is 23.7 Å². The fourth-order valence-corrected chi connectivity index (χ4v) is 2.70. The largest absolute Gasteiger partial charge is 0.480 e. The molecular formula is C13H12FNO3. The van der Waals surface area contributed by atoms with Crippen LogP contribution >= 0.6 is 0 Å². The molecule has 1 heterocycles. The van der Waals surface area contributed by atoms with Crippen molar-refractivity contribution in [3.63, 3.8) is 0 Å². The van der Waals surface area contributed by atoms with Gasteiger partial charge in [0.1, 0.15) is 12.4 Å². The lowest BCUT2D eigenvalue weighted by Crippen LogP contribution is -2.45. The Morgan fingerprint density at radius 1 is 1.44 bits per heavy atom. The Balaban J connectivity index is 2.04. The average molecular weight is 249 g/mol. The highest BCUT2D eigenvalue weighted by molar-refractivity contribution is 5.99. The molecule has 0 atom stereocenters. The maximum atomic E-state index is 13.3. The van der Waals surface area contributed by atoms with Gasteiger partial charge in [-0.25, -0.2) is 4.39 Å². The number of benzene rings is 1. The molecule has 1 aliphatic carbocycles. The van der Waals surface area contributed by atoms with Crippen molar-refractivity contribution in [1.82, 2.24) is 4.90 Å². The molecule has 3 rings (SSSR count). The predicted octanol–water partition coefficient (Wildman–Crippen LogP) is 1.40. The van der Waals surface area contributed by atoms with Gasteiger partial charge in [0.2, 0.25) is 0 Å². The van der Waals surface area contributed by atoms with E-state index in [1.54, 1.807) is 0 Å². The Morgan fingerprint density at radius 2 is 2.17 bits per heavy atom. The Morgan fingerprint density at radius 3 is 2.78 bits per heavy atom. The lowest BCUT2D eigenvalue weighted by Gasteiger charge is -2.33. The van der Waals surface area contributed by atoms with Gasteiger partial charge in [-0.05, 0) is 36.6 Å². The summed E-state index contributed by atoms with van der Waals surface area (Å²) in [6, 6.07) is 4.12. The van der Waals surface area contributed by atoms with Crippen LogP contribution in [-0.2, 0) is 10.2 Å². The third-order valence-electron chi connectivity index (χ3n) is 3.74. The summed E-state index contributed by atoms with van der Waals surface area (Å²) in [5.41, 5.74) is 0.983. The number of carboxylic acids is 1. The molecule has 1 aromatic carbocycles. The summed E-state index contributed by atoms with van der Waals surface area (Å²) in [7, 11) is 0. The van der Waals surface area contributed by atoms with E-state index in [1.807, 2.05) is 0 Å². The summed E-state index contributed by atoms with van der Waals surface area (Å²) in [4.78, 5) is 24.2. The van der Waals surface area contributed by atoms with E-state index in [0.717, 1.165) is 18.4 Å². The zero-order valence-corrected chi connectivity index (χ0v) is 9.65. The van der Waals surface area contributed by atoms with Crippen molar-refractivity contribution in [3.8, 4) is 0 Å². The SMILES string of the molecule is O=C(O)CN1CC2(CC2)c2cc(F)ccc2C1=O. The fourth-order valence-electron chi connectivity index (χ4n) is 2.70. The molecule has 0 unspecified atom stereocenters. The predicted molar refractivity (Wildman–Crippen MR) is 60.9 cm³/mol. The van der Waals surface area contributed by atoms with Gasteiger partial charge in [0.25, 0.3) is 5.91 Å². The molecule has 1 amide bonds. The van der Waals surface area contributed by atoms with Crippen LogP contribution in [0.15, 0.2) is 18.2 Å². The Kier molecular flexibility index (Phi) is 2.20. The Bertz CT molecular complexity index is 551. The van der Waals surface area contributed by atoms with Crippen LogP contribution in [0.4, 0.5) is 4.39 Å². The first-order chi connectivity index (χ1) is 8.52. The minimum atomic E-state index is -1.02. The fraction of sp³-hybridized carbons (Fsp3) is 0.385. The van der Waals surface area contributed by atoms with Crippen molar-refractivity contribution in [2.75, 3.05) is 13.1 Å². The lowest BCUT2D eigenvalue weighted by atomic mass is 9.86. The topological polar surface area (TPSA) is 57.6 Å². The standard InChI is InChI=1S/C13H12FNO3/c14-8-1-2-9-10(5-8)13(3-4-13)7-15(12(9)18)6-11(16)17/h1-2,5H,3-4,6-7H2,(H,16,17). The number of fused-ring (bicyclic) bond motifs is 2. The van der Waals surface area contributed by atoms with E-state index in [1.165, 1.54) is 23.1 Å². The van der Waals surface area contributed by atoms with Crippen molar-refractivity contribution in [3.05, 3.63) is 35.1 Å². The van der Waals surface area contributed by atoms with E-state index >= 15 is 0 Å². The number of halogens is 1. The van der Waals surface area contributed by atoms with Gasteiger partial charge in [0.15, 0.2) is 0 Å². The summed E-state index contributed by atoms with van der Waals surface area (Å²) in [5, 5.41) is 8.81. The summed E-state index contributed by atoms with van der Waals surface area (Å²) in [6.07, 6.45) is 1.76. The molecule has 1 fully saturated rings. The monoisotopic (exact) mass is 249 g/mol. The third-order valence-corrected chi connectivity index (χ3v) is 3.74. The molecule has 0 saturated heterocycles. The Labute approximate surface area is 103 Å². The highest BCUT2D eigenvalue weighted by atomic mass is 19.1. The normalized spacial score (nSPS) is 19.8. The molecule has 18 heavy (non-hydrogen) atoms. The second kappa shape index (κ2) is 3.54. The molecule has 2 aliphatic rings. The van der Waals surface area contributed by atoms with Crippen molar-refractivity contribution >= 4 is 11.9 Å². The molecular weight excluding hydrogens is 237 g/mol. The molecule has 1 saturated carbocycles. The number of hydrogen-bond acceptors (Lipinski definition) is 2. The second-order valence-corrected chi connectivity index (χ2v) is 5.03. The average Bonchev–Trinajstić information content (AvgIpc) is 3.06. The third kappa shape index (κ3) is 1.58. The summed E-state index contributed by atoms with van der Waals surface area (Å²) >= 11 is 0. The molecule has 1 N–H and O–H groups in total. The van der Waals surface area contributed by atoms with E-state index in [4.69, 9.17) is 5.11 Å². The number of aliphatic carboxylic acids is 1. The van der Waals surface area contributed by atoms with E-state index in [9.17, 15) is 14.0 Å². The highest BCUT2D eigenvalue weighted by Gasteiger charge is 2.51. The summed E-state index contributed by atoms with van der Waals surface area (Å²) in [6.45, 7) is 0.0893. The maximum Gasteiger partial charge on any atom is 0.323 e. The van der Waals surface area contributed by atoms with Crippen molar-refractivity contribution in [2.45, 2.75) is 18.3 Å². The smallest absolute Gasteiger partial charge is 0.323 e. The first kappa shape index (κ1) is 11.2. The van der Waals surface area contributed by atoms with Crippen molar-refractivity contribution in [1.29, 1.82) is 0 Å². The van der Waals surface area contributed by atoms with E-state index in [2.05, 4.69) is 0 Å². The van der Waals surface area contributed by atoms with Gasteiger partial charge in [-0.1, -0.05) is 0 Å². The zero-order valence-electron chi connectivity index (χ0n) is 9.65. The Hall–Kier alpha value is -1.91. The zero-order chi connectivity index (χ0) is 12.9.